The molecule has 0 aromatic heterocycles. The van der Waals surface area contributed by atoms with Crippen molar-refractivity contribution in [3.05, 3.63) is 59.7 Å². The standard InChI is InChI=1S/C24H26O10/c1-31-15-7-4-13-8-18(33-24-23(30)22(29)21(28)19(11-25)34-24)16(10-20(27)32-17(13)9-15)12-2-5-14(26)6-3-12/h2-7,9-10,18-19,21-26,28-30H,8,11H2,1H3/b16-10-/t18?,19-,21-,22+,23-,24-/m1/s1. The van der Waals surface area contributed by atoms with Crippen molar-refractivity contribution in [2.24, 2.45) is 0 Å². The average molecular weight is 474 g/mol. The zero-order chi connectivity index (χ0) is 24.4. The molecule has 0 aliphatic carbocycles. The Morgan fingerprint density at radius 3 is 2.44 bits per heavy atom. The molecule has 1 fully saturated rings. The van der Waals surface area contributed by atoms with Crippen molar-refractivity contribution in [2.45, 2.75) is 43.2 Å². The number of carbonyl (C=O) groups is 1. The third kappa shape index (κ3) is 4.92. The van der Waals surface area contributed by atoms with E-state index in [0.29, 0.717) is 22.4 Å². The zero-order valence-corrected chi connectivity index (χ0v) is 18.3. The fourth-order valence-corrected chi connectivity index (χ4v) is 3.98. The van der Waals surface area contributed by atoms with Crippen LogP contribution in [0.4, 0.5) is 0 Å². The van der Waals surface area contributed by atoms with Crippen LogP contribution in [0.2, 0.25) is 0 Å². The average Bonchev–Trinajstić information content (AvgIpc) is 2.83. The van der Waals surface area contributed by atoms with E-state index in [4.69, 9.17) is 18.9 Å². The largest absolute Gasteiger partial charge is 0.508 e. The van der Waals surface area contributed by atoms with E-state index in [2.05, 4.69) is 0 Å². The summed E-state index contributed by atoms with van der Waals surface area (Å²) in [4.78, 5) is 12.7. The summed E-state index contributed by atoms with van der Waals surface area (Å²) in [6.07, 6.45) is -6.81. The van der Waals surface area contributed by atoms with Crippen LogP contribution in [0.5, 0.6) is 17.2 Å². The van der Waals surface area contributed by atoms with E-state index in [1.807, 2.05) is 0 Å². The number of methoxy groups -OCH3 is 1. The second-order valence-electron chi connectivity index (χ2n) is 8.07. The first-order valence-corrected chi connectivity index (χ1v) is 10.7. The normalized spacial score (nSPS) is 30.9. The Hall–Kier alpha value is -2.99. The first-order chi connectivity index (χ1) is 16.3. The van der Waals surface area contributed by atoms with Gasteiger partial charge in [-0.2, -0.15) is 0 Å². The fourth-order valence-electron chi connectivity index (χ4n) is 3.98. The molecule has 6 atom stereocenters. The Kier molecular flexibility index (Phi) is 7.17. The van der Waals surface area contributed by atoms with Crippen LogP contribution in [0.1, 0.15) is 11.1 Å². The second-order valence-corrected chi connectivity index (χ2v) is 8.07. The highest BCUT2D eigenvalue weighted by Crippen LogP contribution is 2.35. The van der Waals surface area contributed by atoms with Crippen molar-refractivity contribution in [1.29, 1.82) is 0 Å². The number of hydrogen-bond donors (Lipinski definition) is 5. The monoisotopic (exact) mass is 474 g/mol. The van der Waals surface area contributed by atoms with Gasteiger partial charge in [0, 0.05) is 18.6 Å². The molecule has 2 aliphatic heterocycles. The van der Waals surface area contributed by atoms with Gasteiger partial charge in [-0.25, -0.2) is 4.79 Å². The first kappa shape index (κ1) is 24.1. The predicted octanol–water partition coefficient (Wildman–Crippen LogP) is 0.131. The lowest BCUT2D eigenvalue weighted by Crippen LogP contribution is -2.59. The summed E-state index contributed by atoms with van der Waals surface area (Å²) in [6, 6.07) is 11.1. The van der Waals surface area contributed by atoms with Crippen molar-refractivity contribution >= 4 is 11.5 Å². The molecule has 1 unspecified atom stereocenters. The topological polar surface area (TPSA) is 155 Å². The summed E-state index contributed by atoms with van der Waals surface area (Å²) in [6.45, 7) is -0.606. The molecule has 0 spiro atoms. The van der Waals surface area contributed by atoms with Gasteiger partial charge >= 0.3 is 5.97 Å². The molecule has 5 N–H and O–H groups in total. The Morgan fingerprint density at radius 1 is 1.03 bits per heavy atom. The number of aliphatic hydroxyl groups excluding tert-OH is 4. The van der Waals surface area contributed by atoms with Gasteiger partial charge in [0.05, 0.1) is 19.8 Å². The molecule has 2 aliphatic rings. The summed E-state index contributed by atoms with van der Waals surface area (Å²) >= 11 is 0. The molecule has 0 radical (unpaired) electrons. The van der Waals surface area contributed by atoms with Crippen molar-refractivity contribution in [1.82, 2.24) is 0 Å². The number of ether oxygens (including phenoxy) is 4. The van der Waals surface area contributed by atoms with Gasteiger partial charge in [0.2, 0.25) is 0 Å². The van der Waals surface area contributed by atoms with Crippen LogP contribution >= 0.6 is 0 Å². The van der Waals surface area contributed by atoms with Crippen LogP contribution in [0, 0.1) is 0 Å². The molecular formula is C24H26O10. The van der Waals surface area contributed by atoms with Crippen LogP contribution in [-0.4, -0.2) is 82.0 Å². The smallest absolute Gasteiger partial charge is 0.336 e. The second kappa shape index (κ2) is 10.1. The van der Waals surface area contributed by atoms with Crippen LogP contribution in [0.15, 0.2) is 48.5 Å². The zero-order valence-electron chi connectivity index (χ0n) is 18.3. The molecule has 182 valence electrons. The molecule has 10 nitrogen and oxygen atoms in total. The predicted molar refractivity (Wildman–Crippen MR) is 117 cm³/mol. The SMILES string of the molecule is COc1ccc2c(c1)OC(=O)/C=C(/c1ccc(O)cc1)C(O[C@@H]1O[C@H](CO)[C@@H](O)[C@H](O)[C@H]1O)C2. The Bertz CT molecular complexity index is 1050. The molecule has 0 amide bonds. The molecule has 0 saturated carbocycles. The van der Waals surface area contributed by atoms with Gasteiger partial charge in [-0.1, -0.05) is 18.2 Å². The van der Waals surface area contributed by atoms with E-state index in [-0.39, 0.29) is 17.9 Å². The molecule has 1 saturated heterocycles. The number of hydrogen-bond acceptors (Lipinski definition) is 10. The molecule has 10 heteroatoms. The number of carbonyl (C=O) groups excluding carboxylic acids is 1. The fraction of sp³-hybridized carbons (Fsp3) is 0.375. The maximum atomic E-state index is 12.7. The van der Waals surface area contributed by atoms with E-state index < -0.39 is 49.4 Å². The summed E-state index contributed by atoms with van der Waals surface area (Å²) in [5, 5.41) is 49.9. The number of aliphatic hydroxyl groups is 4. The number of benzene rings is 2. The Morgan fingerprint density at radius 2 is 1.76 bits per heavy atom. The highest BCUT2D eigenvalue weighted by atomic mass is 16.7. The van der Waals surface area contributed by atoms with Gasteiger partial charge in [-0.05, 0) is 34.9 Å². The minimum Gasteiger partial charge on any atom is -0.508 e. The third-order valence-electron chi connectivity index (χ3n) is 5.86. The summed E-state index contributed by atoms with van der Waals surface area (Å²) in [5.41, 5.74) is 1.53. The maximum Gasteiger partial charge on any atom is 0.336 e. The van der Waals surface area contributed by atoms with Gasteiger partial charge in [0.1, 0.15) is 41.7 Å². The number of aromatic hydroxyl groups is 1. The Labute approximate surface area is 195 Å². The van der Waals surface area contributed by atoms with Crippen LogP contribution in [0.25, 0.3) is 5.57 Å². The summed E-state index contributed by atoms with van der Waals surface area (Å²) in [7, 11) is 1.49. The highest BCUT2D eigenvalue weighted by Gasteiger charge is 2.45. The van der Waals surface area contributed by atoms with Gasteiger partial charge in [0.25, 0.3) is 0 Å². The number of rotatable bonds is 5. The summed E-state index contributed by atoms with van der Waals surface area (Å²) in [5.74, 6) is 0.107. The first-order valence-electron chi connectivity index (χ1n) is 10.7. The quantitative estimate of drug-likeness (QED) is 0.298. The van der Waals surface area contributed by atoms with Crippen molar-refractivity contribution in [3.63, 3.8) is 0 Å². The van der Waals surface area contributed by atoms with Crippen molar-refractivity contribution in [3.8, 4) is 17.2 Å². The van der Waals surface area contributed by atoms with Crippen LogP contribution in [-0.2, 0) is 20.7 Å². The Balaban J connectivity index is 1.73. The van der Waals surface area contributed by atoms with Crippen LogP contribution < -0.4 is 9.47 Å². The van der Waals surface area contributed by atoms with Crippen molar-refractivity contribution in [2.75, 3.05) is 13.7 Å². The van der Waals surface area contributed by atoms with Gasteiger partial charge < -0.3 is 44.5 Å². The number of phenols is 1. The van der Waals surface area contributed by atoms with E-state index in [1.165, 1.54) is 25.3 Å². The number of phenolic OH excluding ortho intramolecular Hbond substituents is 1. The summed E-state index contributed by atoms with van der Waals surface area (Å²) < 4.78 is 22.3. The molecule has 34 heavy (non-hydrogen) atoms. The lowest BCUT2D eigenvalue weighted by molar-refractivity contribution is -0.306. The van der Waals surface area contributed by atoms with Crippen molar-refractivity contribution < 1.29 is 49.3 Å². The molecule has 2 aromatic rings. The van der Waals surface area contributed by atoms with Gasteiger partial charge in [-0.15, -0.1) is 0 Å². The molecular weight excluding hydrogens is 448 g/mol. The minimum absolute atomic E-state index is 0.0293. The van der Waals surface area contributed by atoms with E-state index >= 15 is 0 Å². The molecule has 0 bridgehead atoms. The van der Waals surface area contributed by atoms with Crippen LogP contribution in [0.3, 0.4) is 0 Å². The van der Waals surface area contributed by atoms with Gasteiger partial charge in [0.15, 0.2) is 6.29 Å². The molecule has 4 rings (SSSR count). The van der Waals surface area contributed by atoms with Gasteiger partial charge in [-0.3, -0.25) is 0 Å². The maximum absolute atomic E-state index is 12.7. The molecule has 2 aromatic carbocycles. The third-order valence-corrected chi connectivity index (χ3v) is 5.86. The lowest BCUT2D eigenvalue weighted by Gasteiger charge is -2.41. The number of fused-ring (bicyclic) bond motifs is 1. The number of esters is 1. The van der Waals surface area contributed by atoms with E-state index in [0.717, 1.165) is 0 Å². The lowest BCUT2D eigenvalue weighted by atomic mass is 9.93. The molecule has 2 heterocycles. The van der Waals surface area contributed by atoms with E-state index in [1.54, 1.807) is 30.3 Å². The minimum atomic E-state index is -1.62. The van der Waals surface area contributed by atoms with E-state index in [9.17, 15) is 30.3 Å². The highest BCUT2D eigenvalue weighted by molar-refractivity contribution is 5.94.